The number of anilines is 1. The second-order valence-electron chi connectivity index (χ2n) is 4.15. The number of rotatable bonds is 3. The van der Waals surface area contributed by atoms with Crippen molar-refractivity contribution in [1.29, 1.82) is 0 Å². The van der Waals surface area contributed by atoms with Gasteiger partial charge in [0.05, 0.1) is 4.92 Å². The van der Waals surface area contributed by atoms with Crippen molar-refractivity contribution in [2.24, 2.45) is 0 Å². The predicted octanol–water partition coefficient (Wildman–Crippen LogP) is 3.63. The smallest absolute Gasteiger partial charge is 0.269 e. The first-order chi connectivity index (χ1) is 9.49. The van der Waals surface area contributed by atoms with Crippen LogP contribution in [0, 0.1) is 10.1 Å². The maximum atomic E-state index is 12.3. The van der Waals surface area contributed by atoms with Crippen LogP contribution in [0.2, 0.25) is 0 Å². The molecule has 2 aromatic carbocycles. The first-order valence-corrected chi connectivity index (χ1v) is 6.56. The van der Waals surface area contributed by atoms with Crippen molar-refractivity contribution in [3.63, 3.8) is 0 Å². The van der Waals surface area contributed by atoms with Crippen LogP contribution in [0.4, 0.5) is 11.4 Å². The van der Waals surface area contributed by atoms with E-state index < -0.39 is 4.92 Å². The quantitative estimate of drug-likeness (QED) is 0.635. The molecule has 0 aliphatic heterocycles. The minimum absolute atomic E-state index is 0.00273. The van der Waals surface area contributed by atoms with Gasteiger partial charge >= 0.3 is 0 Å². The van der Waals surface area contributed by atoms with Crippen LogP contribution < -0.4 is 4.90 Å². The van der Waals surface area contributed by atoms with E-state index in [4.69, 9.17) is 0 Å². The zero-order valence-electron chi connectivity index (χ0n) is 10.6. The van der Waals surface area contributed by atoms with Gasteiger partial charge in [-0.25, -0.2) is 0 Å². The molecule has 6 heteroatoms. The Morgan fingerprint density at radius 2 is 1.85 bits per heavy atom. The van der Waals surface area contributed by atoms with Gasteiger partial charge in [0, 0.05) is 34.9 Å². The van der Waals surface area contributed by atoms with Gasteiger partial charge in [0.15, 0.2) is 0 Å². The maximum absolute atomic E-state index is 12.3. The highest BCUT2D eigenvalue weighted by Crippen LogP contribution is 2.21. The summed E-state index contributed by atoms with van der Waals surface area (Å²) < 4.78 is 0.820. The maximum Gasteiger partial charge on any atom is 0.269 e. The van der Waals surface area contributed by atoms with Crippen molar-refractivity contribution < 1.29 is 9.72 Å². The largest absolute Gasteiger partial charge is 0.311 e. The number of benzene rings is 2. The predicted molar refractivity (Wildman–Crippen MR) is 80.0 cm³/mol. The van der Waals surface area contributed by atoms with Gasteiger partial charge < -0.3 is 4.90 Å². The molecule has 102 valence electrons. The van der Waals surface area contributed by atoms with Gasteiger partial charge in [-0.3, -0.25) is 14.9 Å². The lowest BCUT2D eigenvalue weighted by Crippen LogP contribution is -2.26. The highest BCUT2D eigenvalue weighted by Gasteiger charge is 2.14. The number of amides is 1. The van der Waals surface area contributed by atoms with Crippen LogP contribution in [0.25, 0.3) is 0 Å². The number of nitrogens with zero attached hydrogens (tertiary/aromatic N) is 2. The van der Waals surface area contributed by atoms with Gasteiger partial charge in [0.2, 0.25) is 0 Å². The summed E-state index contributed by atoms with van der Waals surface area (Å²) >= 11 is 3.32. The third kappa shape index (κ3) is 3.03. The van der Waals surface area contributed by atoms with E-state index in [0.717, 1.165) is 4.47 Å². The zero-order valence-corrected chi connectivity index (χ0v) is 12.2. The molecule has 20 heavy (non-hydrogen) atoms. The van der Waals surface area contributed by atoms with Gasteiger partial charge in [-0.2, -0.15) is 0 Å². The van der Waals surface area contributed by atoms with Gasteiger partial charge in [-0.15, -0.1) is 0 Å². The average Bonchev–Trinajstić information content (AvgIpc) is 2.46. The van der Waals surface area contributed by atoms with E-state index in [1.54, 1.807) is 37.4 Å². The molecule has 0 aliphatic carbocycles. The molecule has 0 unspecified atom stereocenters. The molecule has 0 fully saturated rings. The molecule has 0 N–H and O–H groups in total. The Kier molecular flexibility index (Phi) is 4.14. The molecule has 5 nitrogen and oxygen atoms in total. The number of nitro benzene ring substituents is 1. The van der Waals surface area contributed by atoms with Crippen LogP contribution in [-0.2, 0) is 0 Å². The summed E-state index contributed by atoms with van der Waals surface area (Å²) in [5, 5.41) is 10.6. The third-order valence-electron chi connectivity index (χ3n) is 2.82. The van der Waals surface area contributed by atoms with E-state index >= 15 is 0 Å². The molecule has 1 amide bonds. The normalized spacial score (nSPS) is 10.1. The van der Waals surface area contributed by atoms with E-state index in [2.05, 4.69) is 15.9 Å². The van der Waals surface area contributed by atoms with Gasteiger partial charge in [-0.1, -0.05) is 22.0 Å². The monoisotopic (exact) mass is 334 g/mol. The number of carbonyl (C=O) groups is 1. The number of carbonyl (C=O) groups excluding carboxylic acids is 1. The minimum Gasteiger partial charge on any atom is -0.311 e. The van der Waals surface area contributed by atoms with Crippen LogP contribution in [0.15, 0.2) is 53.0 Å². The summed E-state index contributed by atoms with van der Waals surface area (Å²) in [6, 6.07) is 12.9. The number of halogens is 1. The third-order valence-corrected chi connectivity index (χ3v) is 3.32. The fraction of sp³-hybridized carbons (Fsp3) is 0.0714. The molecule has 0 aromatic heterocycles. The minimum atomic E-state index is -0.472. The average molecular weight is 335 g/mol. The van der Waals surface area contributed by atoms with Gasteiger partial charge in [0.25, 0.3) is 11.6 Å². The second-order valence-corrected chi connectivity index (χ2v) is 5.06. The molecule has 0 aliphatic rings. The summed E-state index contributed by atoms with van der Waals surface area (Å²) in [7, 11) is 1.63. The van der Waals surface area contributed by atoms with E-state index in [9.17, 15) is 14.9 Å². The Hall–Kier alpha value is -2.21. The van der Waals surface area contributed by atoms with Crippen molar-refractivity contribution in [2.75, 3.05) is 11.9 Å². The van der Waals surface area contributed by atoms with Crippen LogP contribution in [-0.4, -0.2) is 17.9 Å². The first kappa shape index (κ1) is 14.2. The summed E-state index contributed by atoms with van der Waals surface area (Å²) in [4.78, 5) is 23.9. The SMILES string of the molecule is CN(C(=O)c1cccc(Br)c1)c1ccc([N+](=O)[O-])cc1. The Balaban J connectivity index is 2.24. The lowest BCUT2D eigenvalue weighted by Gasteiger charge is -2.17. The Morgan fingerprint density at radius 1 is 1.20 bits per heavy atom. The van der Waals surface area contributed by atoms with Crippen molar-refractivity contribution >= 4 is 33.2 Å². The molecule has 0 heterocycles. The van der Waals surface area contributed by atoms with E-state index in [1.165, 1.54) is 17.0 Å². The van der Waals surface area contributed by atoms with Crippen molar-refractivity contribution in [2.45, 2.75) is 0 Å². The molecule has 0 spiro atoms. The fourth-order valence-corrected chi connectivity index (χ4v) is 2.13. The molecule has 0 bridgehead atoms. The van der Waals surface area contributed by atoms with E-state index in [-0.39, 0.29) is 11.6 Å². The molecule has 0 atom stereocenters. The summed E-state index contributed by atoms with van der Waals surface area (Å²) in [5.74, 6) is -0.180. The summed E-state index contributed by atoms with van der Waals surface area (Å²) in [6.07, 6.45) is 0. The number of nitro groups is 1. The number of hydrogen-bond donors (Lipinski definition) is 0. The van der Waals surface area contributed by atoms with Crippen molar-refractivity contribution in [1.82, 2.24) is 0 Å². The molecular formula is C14H11BrN2O3. The fourth-order valence-electron chi connectivity index (χ4n) is 1.73. The van der Waals surface area contributed by atoms with Crippen LogP contribution in [0.1, 0.15) is 10.4 Å². The molecule has 0 saturated heterocycles. The van der Waals surface area contributed by atoms with Gasteiger partial charge in [0.1, 0.15) is 0 Å². The number of hydrogen-bond acceptors (Lipinski definition) is 3. The Morgan fingerprint density at radius 3 is 2.40 bits per heavy atom. The van der Waals surface area contributed by atoms with Gasteiger partial charge in [-0.05, 0) is 30.3 Å². The standard InChI is InChI=1S/C14H11BrN2O3/c1-16(12-5-7-13(8-6-12)17(19)20)14(18)10-3-2-4-11(15)9-10/h2-9H,1H3. The van der Waals surface area contributed by atoms with Crippen LogP contribution in [0.3, 0.4) is 0 Å². The molecule has 0 saturated carbocycles. The first-order valence-electron chi connectivity index (χ1n) is 5.77. The highest BCUT2D eigenvalue weighted by atomic mass is 79.9. The molecular weight excluding hydrogens is 324 g/mol. The van der Waals surface area contributed by atoms with Crippen LogP contribution in [0.5, 0.6) is 0 Å². The Labute approximate surface area is 124 Å². The molecule has 0 radical (unpaired) electrons. The van der Waals surface area contributed by atoms with Crippen LogP contribution >= 0.6 is 15.9 Å². The van der Waals surface area contributed by atoms with Crippen molar-refractivity contribution in [3.8, 4) is 0 Å². The Bertz CT molecular complexity index is 656. The number of non-ortho nitro benzene ring substituents is 1. The topological polar surface area (TPSA) is 63.5 Å². The summed E-state index contributed by atoms with van der Waals surface area (Å²) in [5.41, 5.74) is 1.14. The lowest BCUT2D eigenvalue weighted by atomic mass is 10.2. The second kappa shape index (κ2) is 5.83. The molecule has 2 aromatic rings. The molecule has 2 rings (SSSR count). The lowest BCUT2D eigenvalue weighted by molar-refractivity contribution is -0.384. The van der Waals surface area contributed by atoms with E-state index in [0.29, 0.717) is 11.3 Å². The van der Waals surface area contributed by atoms with E-state index in [1.807, 2.05) is 6.07 Å². The summed E-state index contributed by atoms with van der Waals surface area (Å²) in [6.45, 7) is 0. The zero-order chi connectivity index (χ0) is 14.7. The highest BCUT2D eigenvalue weighted by molar-refractivity contribution is 9.10. The van der Waals surface area contributed by atoms with Crippen molar-refractivity contribution in [3.05, 3.63) is 68.7 Å².